The molecule has 1 aliphatic rings. The number of H-pyrrole nitrogens is 2. The molecule has 0 bridgehead atoms. The van der Waals surface area contributed by atoms with Crippen molar-refractivity contribution in [1.82, 2.24) is 40.5 Å². The number of benzene rings is 2. The number of aliphatic imine (C=N–C) groups is 1. The molecule has 0 aliphatic carbocycles. The van der Waals surface area contributed by atoms with E-state index in [-0.39, 0.29) is 78.2 Å². The number of rotatable bonds is 20. The molecule has 68 heavy (non-hydrogen) atoms. The Hall–Kier alpha value is -9.63. The van der Waals surface area contributed by atoms with E-state index in [1.807, 2.05) is 0 Å². The standard InChI is InChI=1S/C20H21N7O7.C20H19N7O7/c2*21-20-25-16-15(18(32)26-20)23-11(7-22-16)8-27(9-28)12-3-1-10(2-4-12)17(31)24-13(19(33)34)5-6-14(29)30/h1-4,9,13H,5-8H2,(H,24,31)(H,29,30)(H,33,34)(H4,21,22,25,26,32);1-4,7,9,13H,5-6,8H2,(H,24,31)(H,29,30)(H,33,34)(H3,21,22,25,26,32). The van der Waals surface area contributed by atoms with Crippen LogP contribution in [0, 0.1) is 0 Å². The summed E-state index contributed by atoms with van der Waals surface area (Å²) in [5.41, 5.74) is 11.7. The monoisotopic (exact) mass is 940 g/mol. The van der Waals surface area contributed by atoms with Crippen molar-refractivity contribution < 1.29 is 58.8 Å². The minimum absolute atomic E-state index is 0.0412. The summed E-state index contributed by atoms with van der Waals surface area (Å²) in [5, 5.41) is 43.2. The topological polar surface area (TPSA) is 442 Å². The summed E-state index contributed by atoms with van der Waals surface area (Å²) in [4.78, 5) is 143. The van der Waals surface area contributed by atoms with Gasteiger partial charge >= 0.3 is 23.9 Å². The summed E-state index contributed by atoms with van der Waals surface area (Å²) in [5.74, 6) is -6.39. The van der Waals surface area contributed by atoms with Crippen LogP contribution in [0.2, 0.25) is 0 Å². The highest BCUT2D eigenvalue weighted by atomic mass is 16.4. The third kappa shape index (κ3) is 13.2. The Morgan fingerprint density at radius 1 is 0.691 bits per heavy atom. The maximum absolute atomic E-state index is 12.4. The number of nitrogen functional groups attached to an aromatic ring is 2. The zero-order chi connectivity index (χ0) is 49.7. The smallest absolute Gasteiger partial charge is 0.326 e. The number of nitrogens with two attached hydrogens (primary N) is 2. The lowest BCUT2D eigenvalue weighted by atomic mass is 10.1. The summed E-state index contributed by atoms with van der Waals surface area (Å²) >= 11 is 0. The summed E-state index contributed by atoms with van der Waals surface area (Å²) < 4.78 is 0. The molecule has 28 heteroatoms. The van der Waals surface area contributed by atoms with E-state index in [0.717, 1.165) is 0 Å². The van der Waals surface area contributed by atoms with E-state index in [4.69, 9.17) is 21.7 Å². The second-order valence-electron chi connectivity index (χ2n) is 14.3. The minimum Gasteiger partial charge on any atom is -0.481 e. The van der Waals surface area contributed by atoms with Gasteiger partial charge in [0.2, 0.25) is 24.7 Å². The number of carboxylic acid groups (broad SMARTS) is 4. The van der Waals surface area contributed by atoms with Gasteiger partial charge in [0.05, 0.1) is 37.2 Å². The van der Waals surface area contributed by atoms with E-state index in [1.54, 1.807) is 0 Å². The number of amides is 4. The number of aromatic amines is 2. The predicted molar refractivity (Wildman–Crippen MR) is 237 cm³/mol. The average Bonchev–Trinajstić information content (AvgIpc) is 3.30. The SMILES string of the molecule is Nc1nc2c(c(=O)[nH]1)N=C(CN(C=O)c1ccc(C(=O)NC(CCC(=O)O)C(=O)O)cc1)CN2.Nc1nc2ncc(CN(C=O)c3ccc(C(=O)NC(CCC(=O)O)C(=O)O)cc3)nc2c(=O)[nH]1. The fourth-order valence-corrected chi connectivity index (χ4v) is 6.13. The molecule has 13 N–H and O–H groups in total. The van der Waals surface area contributed by atoms with Crippen LogP contribution < -0.4 is 48.3 Å². The maximum atomic E-state index is 12.4. The zero-order valence-electron chi connectivity index (χ0n) is 35.1. The van der Waals surface area contributed by atoms with Gasteiger partial charge in [0, 0.05) is 35.3 Å². The van der Waals surface area contributed by atoms with Crippen molar-refractivity contribution in [3.63, 3.8) is 0 Å². The number of aliphatic carboxylic acids is 4. The van der Waals surface area contributed by atoms with Gasteiger partial charge in [0.15, 0.2) is 22.7 Å². The van der Waals surface area contributed by atoms with Gasteiger partial charge in [-0.05, 0) is 61.4 Å². The van der Waals surface area contributed by atoms with Crippen LogP contribution in [0.3, 0.4) is 0 Å². The number of nitrogens with zero attached hydrogens (tertiary/aromatic N) is 7. The van der Waals surface area contributed by atoms with Crippen LogP contribution in [0.1, 0.15) is 52.1 Å². The normalized spacial score (nSPS) is 12.3. The van der Waals surface area contributed by atoms with Gasteiger partial charge in [-0.15, -0.1) is 0 Å². The van der Waals surface area contributed by atoms with Crippen molar-refractivity contribution in [1.29, 1.82) is 0 Å². The minimum atomic E-state index is -1.37. The van der Waals surface area contributed by atoms with Gasteiger partial charge in [-0.3, -0.25) is 48.3 Å². The van der Waals surface area contributed by atoms with Crippen molar-refractivity contribution in [3.8, 4) is 0 Å². The van der Waals surface area contributed by atoms with Crippen molar-refractivity contribution in [2.45, 2.75) is 44.3 Å². The molecule has 0 spiro atoms. The summed E-state index contributed by atoms with van der Waals surface area (Å²) in [6, 6.07) is 8.69. The van der Waals surface area contributed by atoms with Crippen molar-refractivity contribution in [2.24, 2.45) is 4.99 Å². The highest BCUT2D eigenvalue weighted by Crippen LogP contribution is 2.23. The molecule has 5 aromatic rings. The molecule has 2 aromatic carbocycles. The molecular formula is C40H40N14O14. The van der Waals surface area contributed by atoms with E-state index in [9.17, 15) is 58.2 Å². The second-order valence-corrected chi connectivity index (χ2v) is 14.3. The number of anilines is 5. The summed E-state index contributed by atoms with van der Waals surface area (Å²) in [6.45, 7) is 0.223. The van der Waals surface area contributed by atoms with Gasteiger partial charge in [0.1, 0.15) is 12.1 Å². The van der Waals surface area contributed by atoms with E-state index in [0.29, 0.717) is 35.6 Å². The number of carbonyl (C=O) groups is 8. The molecule has 0 saturated carbocycles. The number of hydrogen-bond acceptors (Lipinski definition) is 18. The number of aromatic nitrogens is 6. The number of hydrogen-bond donors (Lipinski definition) is 11. The highest BCUT2D eigenvalue weighted by Gasteiger charge is 2.24. The van der Waals surface area contributed by atoms with Gasteiger partial charge in [-0.1, -0.05) is 0 Å². The molecule has 28 nitrogen and oxygen atoms in total. The van der Waals surface area contributed by atoms with Crippen molar-refractivity contribution in [2.75, 3.05) is 39.7 Å². The van der Waals surface area contributed by atoms with E-state index in [1.165, 1.54) is 64.5 Å². The first-order chi connectivity index (χ1) is 32.3. The number of nitrogens with one attached hydrogen (secondary N) is 5. The van der Waals surface area contributed by atoms with Crippen LogP contribution in [0.4, 0.5) is 34.8 Å². The molecule has 0 saturated heterocycles. The maximum Gasteiger partial charge on any atom is 0.326 e. The fourth-order valence-electron chi connectivity index (χ4n) is 6.13. The van der Waals surface area contributed by atoms with Crippen molar-refractivity contribution in [3.05, 3.63) is 92.3 Å². The molecule has 3 aromatic heterocycles. The molecule has 354 valence electrons. The Bertz CT molecular complexity index is 2910. The molecule has 4 heterocycles. The van der Waals surface area contributed by atoms with E-state index >= 15 is 0 Å². The lowest BCUT2D eigenvalue weighted by molar-refractivity contribution is -0.142. The Balaban J connectivity index is 0.000000254. The van der Waals surface area contributed by atoms with Crippen LogP contribution in [0.15, 0.2) is 69.3 Å². The second kappa shape index (κ2) is 22.3. The lowest BCUT2D eigenvalue weighted by Crippen LogP contribution is -2.41. The quantitative estimate of drug-likeness (QED) is 0.0420. The third-order valence-electron chi connectivity index (χ3n) is 9.49. The van der Waals surface area contributed by atoms with E-state index in [2.05, 4.69) is 50.8 Å². The molecule has 2 atom stereocenters. The molecule has 0 radical (unpaired) electrons. The van der Waals surface area contributed by atoms with Gasteiger partial charge < -0.3 is 57.6 Å². The van der Waals surface area contributed by atoms with Crippen LogP contribution in [0.5, 0.6) is 0 Å². The highest BCUT2D eigenvalue weighted by molar-refractivity contribution is 6.01. The van der Waals surface area contributed by atoms with Gasteiger partial charge in [-0.2, -0.15) is 9.97 Å². The number of carbonyl (C=O) groups excluding carboxylic acids is 4. The number of fused-ring (bicyclic) bond motifs is 2. The molecular weight excluding hydrogens is 901 g/mol. The van der Waals surface area contributed by atoms with Crippen LogP contribution in [0.25, 0.3) is 11.2 Å². The van der Waals surface area contributed by atoms with Crippen molar-refractivity contribution >= 4 is 100 Å². The molecule has 4 amide bonds. The first-order valence-electron chi connectivity index (χ1n) is 19.7. The largest absolute Gasteiger partial charge is 0.481 e. The first kappa shape index (κ1) is 49.4. The first-order valence-corrected chi connectivity index (χ1v) is 19.7. The summed E-state index contributed by atoms with van der Waals surface area (Å²) in [6.07, 6.45) is 1.06. The molecule has 2 unspecified atom stereocenters. The molecule has 1 aliphatic heterocycles. The lowest BCUT2D eigenvalue weighted by Gasteiger charge is -2.22. The average molecular weight is 941 g/mol. The third-order valence-corrected chi connectivity index (χ3v) is 9.49. The Morgan fingerprint density at radius 3 is 1.66 bits per heavy atom. The molecule has 6 rings (SSSR count). The zero-order valence-corrected chi connectivity index (χ0v) is 35.1. The Morgan fingerprint density at radius 2 is 1.18 bits per heavy atom. The summed E-state index contributed by atoms with van der Waals surface area (Å²) in [7, 11) is 0. The van der Waals surface area contributed by atoms with Crippen LogP contribution in [-0.2, 0) is 35.3 Å². The number of carboxylic acids is 4. The van der Waals surface area contributed by atoms with E-state index < -0.39 is 71.7 Å². The van der Waals surface area contributed by atoms with Crippen LogP contribution >= 0.6 is 0 Å². The Kier molecular flexibility index (Phi) is 16.2. The molecule has 0 fully saturated rings. The fraction of sp³-hybridized carbons (Fsp3) is 0.225. The van der Waals surface area contributed by atoms with Crippen LogP contribution in [-0.4, -0.2) is 130 Å². The van der Waals surface area contributed by atoms with Gasteiger partial charge in [-0.25, -0.2) is 24.5 Å². The Labute approximate surface area is 380 Å². The predicted octanol–water partition coefficient (Wildman–Crippen LogP) is -0.933. The van der Waals surface area contributed by atoms with Gasteiger partial charge in [0.25, 0.3) is 22.9 Å².